The van der Waals surface area contributed by atoms with Crippen LogP contribution in [-0.2, 0) is 6.54 Å². The lowest BCUT2D eigenvalue weighted by Gasteiger charge is -2.26. The SMILES string of the molecule is OCC1(CNCc2ccsc2)CCCC1. The zero-order valence-corrected chi connectivity index (χ0v) is 9.85. The fourth-order valence-corrected chi connectivity index (χ4v) is 3.05. The molecule has 3 heteroatoms. The van der Waals surface area contributed by atoms with Gasteiger partial charge in [0.1, 0.15) is 0 Å². The zero-order valence-electron chi connectivity index (χ0n) is 9.04. The van der Waals surface area contributed by atoms with Crippen LogP contribution >= 0.6 is 11.3 Å². The summed E-state index contributed by atoms with van der Waals surface area (Å²) in [5.74, 6) is 0. The number of hydrogen-bond acceptors (Lipinski definition) is 3. The van der Waals surface area contributed by atoms with E-state index in [0.29, 0.717) is 6.61 Å². The molecule has 0 atom stereocenters. The van der Waals surface area contributed by atoms with Crippen LogP contribution in [0.2, 0.25) is 0 Å². The molecule has 0 aliphatic heterocycles. The molecule has 2 rings (SSSR count). The van der Waals surface area contributed by atoms with Crippen LogP contribution in [0, 0.1) is 5.41 Å². The molecule has 1 heterocycles. The molecule has 84 valence electrons. The Morgan fingerprint density at radius 2 is 2.20 bits per heavy atom. The monoisotopic (exact) mass is 225 g/mol. The van der Waals surface area contributed by atoms with E-state index in [1.165, 1.54) is 31.2 Å². The Balaban J connectivity index is 1.77. The van der Waals surface area contributed by atoms with E-state index in [-0.39, 0.29) is 5.41 Å². The van der Waals surface area contributed by atoms with Gasteiger partial charge >= 0.3 is 0 Å². The highest BCUT2D eigenvalue weighted by molar-refractivity contribution is 7.07. The Labute approximate surface area is 95.3 Å². The summed E-state index contributed by atoms with van der Waals surface area (Å²) in [6, 6.07) is 2.15. The van der Waals surface area contributed by atoms with Crippen molar-refractivity contribution in [3.63, 3.8) is 0 Å². The molecule has 0 saturated heterocycles. The smallest absolute Gasteiger partial charge is 0.0499 e. The minimum Gasteiger partial charge on any atom is -0.396 e. The van der Waals surface area contributed by atoms with E-state index in [4.69, 9.17) is 0 Å². The lowest BCUT2D eigenvalue weighted by Crippen LogP contribution is -2.34. The van der Waals surface area contributed by atoms with Crippen LogP contribution in [0.4, 0.5) is 0 Å². The predicted octanol–water partition coefficient (Wildman–Crippen LogP) is 2.39. The molecule has 1 aliphatic carbocycles. The second-order valence-electron chi connectivity index (χ2n) is 4.60. The first-order valence-electron chi connectivity index (χ1n) is 5.67. The molecule has 0 spiro atoms. The third kappa shape index (κ3) is 2.80. The van der Waals surface area contributed by atoms with Crippen LogP contribution in [0.1, 0.15) is 31.2 Å². The zero-order chi connectivity index (χ0) is 10.6. The summed E-state index contributed by atoms with van der Waals surface area (Å²) < 4.78 is 0. The average molecular weight is 225 g/mol. The predicted molar refractivity (Wildman–Crippen MR) is 64.0 cm³/mol. The Hall–Kier alpha value is -0.380. The van der Waals surface area contributed by atoms with Crippen molar-refractivity contribution >= 4 is 11.3 Å². The fraction of sp³-hybridized carbons (Fsp3) is 0.667. The first kappa shape index (κ1) is 11.1. The second-order valence-corrected chi connectivity index (χ2v) is 5.38. The van der Waals surface area contributed by atoms with Crippen molar-refractivity contribution in [3.05, 3.63) is 22.4 Å². The van der Waals surface area contributed by atoms with Crippen molar-refractivity contribution in [3.8, 4) is 0 Å². The maximum Gasteiger partial charge on any atom is 0.0499 e. The van der Waals surface area contributed by atoms with Crippen molar-refractivity contribution in [2.24, 2.45) is 5.41 Å². The highest BCUT2D eigenvalue weighted by Crippen LogP contribution is 2.36. The highest BCUT2D eigenvalue weighted by Gasteiger charge is 2.32. The van der Waals surface area contributed by atoms with Gasteiger partial charge in [-0.2, -0.15) is 11.3 Å². The van der Waals surface area contributed by atoms with Gasteiger partial charge in [0.05, 0.1) is 0 Å². The quantitative estimate of drug-likeness (QED) is 0.806. The fourth-order valence-electron chi connectivity index (χ4n) is 2.38. The molecule has 0 bridgehead atoms. The molecule has 0 amide bonds. The summed E-state index contributed by atoms with van der Waals surface area (Å²) in [4.78, 5) is 0. The highest BCUT2D eigenvalue weighted by atomic mass is 32.1. The summed E-state index contributed by atoms with van der Waals surface area (Å²) in [5.41, 5.74) is 1.53. The lowest BCUT2D eigenvalue weighted by molar-refractivity contribution is 0.128. The molecule has 0 radical (unpaired) electrons. The van der Waals surface area contributed by atoms with Crippen molar-refractivity contribution in [2.75, 3.05) is 13.2 Å². The van der Waals surface area contributed by atoms with Gasteiger partial charge in [-0.1, -0.05) is 12.8 Å². The number of aliphatic hydroxyl groups excluding tert-OH is 1. The third-order valence-electron chi connectivity index (χ3n) is 3.41. The molecule has 15 heavy (non-hydrogen) atoms. The lowest BCUT2D eigenvalue weighted by atomic mass is 9.87. The van der Waals surface area contributed by atoms with E-state index in [1.54, 1.807) is 11.3 Å². The van der Waals surface area contributed by atoms with E-state index in [1.807, 2.05) is 0 Å². The Morgan fingerprint density at radius 3 is 2.80 bits per heavy atom. The van der Waals surface area contributed by atoms with Gasteiger partial charge in [-0.05, 0) is 35.2 Å². The molecule has 2 N–H and O–H groups in total. The summed E-state index contributed by atoms with van der Waals surface area (Å²) in [6.45, 7) is 2.23. The summed E-state index contributed by atoms with van der Waals surface area (Å²) >= 11 is 1.74. The molecule has 1 aromatic heterocycles. The topological polar surface area (TPSA) is 32.3 Å². The van der Waals surface area contributed by atoms with Crippen LogP contribution in [-0.4, -0.2) is 18.3 Å². The van der Waals surface area contributed by atoms with Gasteiger partial charge in [0, 0.05) is 25.1 Å². The van der Waals surface area contributed by atoms with Gasteiger partial charge in [-0.3, -0.25) is 0 Å². The van der Waals surface area contributed by atoms with Gasteiger partial charge in [-0.15, -0.1) is 0 Å². The average Bonchev–Trinajstić information content (AvgIpc) is 2.89. The minimum atomic E-state index is 0.177. The molecule has 1 saturated carbocycles. The molecule has 2 nitrogen and oxygen atoms in total. The normalized spacial score (nSPS) is 19.5. The molecule has 1 aromatic rings. The van der Waals surface area contributed by atoms with Crippen molar-refractivity contribution in [2.45, 2.75) is 32.2 Å². The molecule has 1 aliphatic rings. The Kier molecular flexibility index (Phi) is 3.78. The van der Waals surface area contributed by atoms with Crippen molar-refractivity contribution < 1.29 is 5.11 Å². The standard InChI is InChI=1S/C12H19NOS/c14-10-12(4-1-2-5-12)9-13-7-11-3-6-15-8-11/h3,6,8,13-14H,1-2,4-5,7,9-10H2. The second kappa shape index (κ2) is 5.10. The van der Waals surface area contributed by atoms with Crippen LogP contribution in [0.15, 0.2) is 16.8 Å². The van der Waals surface area contributed by atoms with Crippen LogP contribution in [0.25, 0.3) is 0 Å². The van der Waals surface area contributed by atoms with Crippen molar-refractivity contribution in [1.29, 1.82) is 0 Å². The number of nitrogens with one attached hydrogen (secondary N) is 1. The Bertz CT molecular complexity index is 278. The van der Waals surface area contributed by atoms with E-state index < -0.39 is 0 Å². The molecular weight excluding hydrogens is 206 g/mol. The summed E-state index contributed by atoms with van der Waals surface area (Å²) in [5, 5.41) is 17.2. The number of rotatable bonds is 5. The molecular formula is C12H19NOS. The number of aliphatic hydroxyl groups is 1. The molecule has 0 unspecified atom stereocenters. The van der Waals surface area contributed by atoms with E-state index >= 15 is 0 Å². The Morgan fingerprint density at radius 1 is 1.40 bits per heavy atom. The molecule has 1 fully saturated rings. The largest absolute Gasteiger partial charge is 0.396 e. The van der Waals surface area contributed by atoms with Crippen LogP contribution in [0.3, 0.4) is 0 Å². The van der Waals surface area contributed by atoms with Gasteiger partial charge < -0.3 is 10.4 Å². The number of thiophene rings is 1. The molecule has 0 aromatic carbocycles. The first-order valence-corrected chi connectivity index (χ1v) is 6.62. The van der Waals surface area contributed by atoms with Gasteiger partial charge in [0.2, 0.25) is 0 Å². The van der Waals surface area contributed by atoms with Crippen molar-refractivity contribution in [1.82, 2.24) is 5.32 Å². The maximum atomic E-state index is 9.44. The van der Waals surface area contributed by atoms with Crippen LogP contribution < -0.4 is 5.32 Å². The third-order valence-corrected chi connectivity index (χ3v) is 4.14. The minimum absolute atomic E-state index is 0.177. The van der Waals surface area contributed by atoms with Gasteiger partial charge in [0.15, 0.2) is 0 Å². The maximum absolute atomic E-state index is 9.44. The van der Waals surface area contributed by atoms with Crippen LogP contribution in [0.5, 0.6) is 0 Å². The first-order chi connectivity index (χ1) is 7.35. The van der Waals surface area contributed by atoms with Gasteiger partial charge in [0.25, 0.3) is 0 Å². The number of hydrogen-bond donors (Lipinski definition) is 2. The van der Waals surface area contributed by atoms with E-state index in [0.717, 1.165) is 13.1 Å². The van der Waals surface area contributed by atoms with E-state index in [2.05, 4.69) is 22.1 Å². The summed E-state index contributed by atoms with van der Waals surface area (Å²) in [6.07, 6.45) is 4.92. The summed E-state index contributed by atoms with van der Waals surface area (Å²) in [7, 11) is 0. The van der Waals surface area contributed by atoms with E-state index in [9.17, 15) is 5.11 Å². The van der Waals surface area contributed by atoms with Gasteiger partial charge in [-0.25, -0.2) is 0 Å².